The molecule has 0 bridgehead atoms. The van der Waals surface area contributed by atoms with E-state index in [0.717, 1.165) is 43.6 Å². The molecule has 0 saturated heterocycles. The summed E-state index contributed by atoms with van der Waals surface area (Å²) >= 11 is 0. The lowest BCUT2D eigenvalue weighted by Gasteiger charge is -2.32. The minimum absolute atomic E-state index is 0.416. The van der Waals surface area contributed by atoms with E-state index in [-0.39, 0.29) is 0 Å². The van der Waals surface area contributed by atoms with Crippen LogP contribution in [0.5, 0.6) is 0 Å². The average Bonchev–Trinajstić information content (AvgIpc) is 3.16. The second-order valence-corrected chi connectivity index (χ2v) is 6.93. The molecule has 1 unspecified atom stereocenters. The van der Waals surface area contributed by atoms with Crippen molar-refractivity contribution in [3.8, 4) is 6.07 Å². The number of fused-ring (bicyclic) bond motifs is 1. The molecule has 0 amide bonds. The summed E-state index contributed by atoms with van der Waals surface area (Å²) in [6, 6.07) is 20.8. The van der Waals surface area contributed by atoms with Crippen molar-refractivity contribution in [2.24, 2.45) is 0 Å². The zero-order valence-corrected chi connectivity index (χ0v) is 14.7. The number of H-pyrrole nitrogens is 1. The van der Waals surface area contributed by atoms with Crippen molar-refractivity contribution < 1.29 is 0 Å². The maximum atomic E-state index is 9.35. The molecule has 1 aromatic heterocycles. The summed E-state index contributed by atoms with van der Waals surface area (Å²) in [5.41, 5.74) is 5.66. The molecule has 0 radical (unpaired) electrons. The Hall–Kier alpha value is -2.90. The Morgan fingerprint density at radius 3 is 2.77 bits per heavy atom. The van der Waals surface area contributed by atoms with Gasteiger partial charge in [-0.05, 0) is 30.0 Å². The van der Waals surface area contributed by atoms with Gasteiger partial charge in [0.2, 0.25) is 0 Å². The molecule has 1 aliphatic heterocycles. The predicted molar refractivity (Wildman–Crippen MR) is 101 cm³/mol. The van der Waals surface area contributed by atoms with E-state index in [0.29, 0.717) is 5.92 Å². The molecule has 1 N–H and O–H groups in total. The molecule has 2 aromatic carbocycles. The van der Waals surface area contributed by atoms with Gasteiger partial charge in [0, 0.05) is 25.6 Å². The second kappa shape index (κ2) is 7.55. The van der Waals surface area contributed by atoms with Crippen LogP contribution in [-0.2, 0) is 19.5 Å². The van der Waals surface area contributed by atoms with Gasteiger partial charge in [-0.15, -0.1) is 0 Å². The van der Waals surface area contributed by atoms with E-state index in [4.69, 9.17) is 0 Å². The maximum Gasteiger partial charge on any atom is 0.0995 e. The van der Waals surface area contributed by atoms with Gasteiger partial charge in [-0.2, -0.15) is 5.26 Å². The average molecular weight is 342 g/mol. The number of aryl methyl sites for hydroxylation is 1. The smallest absolute Gasteiger partial charge is 0.0995 e. The van der Waals surface area contributed by atoms with Crippen LogP contribution in [0.1, 0.15) is 40.4 Å². The highest BCUT2D eigenvalue weighted by Crippen LogP contribution is 2.30. The normalized spacial score (nSPS) is 16.8. The number of benzene rings is 2. The van der Waals surface area contributed by atoms with Gasteiger partial charge in [-0.1, -0.05) is 48.5 Å². The maximum absolute atomic E-state index is 9.35. The van der Waals surface area contributed by atoms with E-state index in [1.807, 2.05) is 24.5 Å². The molecule has 1 aliphatic rings. The van der Waals surface area contributed by atoms with Gasteiger partial charge in [0.1, 0.15) is 0 Å². The van der Waals surface area contributed by atoms with Gasteiger partial charge in [0.05, 0.1) is 29.3 Å². The third-order valence-corrected chi connectivity index (χ3v) is 5.15. The van der Waals surface area contributed by atoms with Gasteiger partial charge < -0.3 is 4.98 Å². The van der Waals surface area contributed by atoms with Gasteiger partial charge in [-0.3, -0.25) is 4.90 Å². The third kappa shape index (κ3) is 3.54. The first kappa shape index (κ1) is 16.6. The van der Waals surface area contributed by atoms with Crippen molar-refractivity contribution >= 4 is 0 Å². The molecule has 3 aromatic rings. The Balaban J connectivity index is 1.50. The van der Waals surface area contributed by atoms with Gasteiger partial charge >= 0.3 is 0 Å². The fraction of sp³-hybridized carbons (Fsp3) is 0.273. The Morgan fingerprint density at radius 1 is 1.12 bits per heavy atom. The summed E-state index contributed by atoms with van der Waals surface area (Å²) < 4.78 is 0. The van der Waals surface area contributed by atoms with Crippen molar-refractivity contribution in [3.63, 3.8) is 0 Å². The van der Waals surface area contributed by atoms with Crippen LogP contribution in [0.2, 0.25) is 0 Å². The lowest BCUT2D eigenvalue weighted by Crippen LogP contribution is -2.33. The summed E-state index contributed by atoms with van der Waals surface area (Å²) in [6.07, 6.45) is 3.95. The molecule has 0 spiro atoms. The molecule has 0 aliphatic carbocycles. The molecule has 0 fully saturated rings. The van der Waals surface area contributed by atoms with Crippen LogP contribution >= 0.6 is 0 Å². The number of nitriles is 1. The fourth-order valence-corrected chi connectivity index (χ4v) is 3.84. The van der Waals surface area contributed by atoms with Crippen LogP contribution in [0.3, 0.4) is 0 Å². The highest BCUT2D eigenvalue weighted by atomic mass is 15.2. The number of nitrogens with one attached hydrogen (secondary N) is 1. The number of aromatic amines is 1. The molecule has 26 heavy (non-hydrogen) atoms. The van der Waals surface area contributed by atoms with E-state index in [1.54, 1.807) is 0 Å². The topological polar surface area (TPSA) is 55.7 Å². The number of aromatic nitrogens is 2. The van der Waals surface area contributed by atoms with Crippen LogP contribution in [-0.4, -0.2) is 21.4 Å². The minimum atomic E-state index is 0.416. The van der Waals surface area contributed by atoms with E-state index >= 15 is 0 Å². The van der Waals surface area contributed by atoms with Crippen molar-refractivity contribution in [3.05, 3.63) is 89.0 Å². The first-order valence-electron chi connectivity index (χ1n) is 9.10. The lowest BCUT2D eigenvalue weighted by molar-refractivity contribution is 0.212. The molecular weight excluding hydrogens is 320 g/mol. The zero-order chi connectivity index (χ0) is 17.8. The predicted octanol–water partition coefficient (Wildman–Crippen LogP) is 4.01. The van der Waals surface area contributed by atoms with Crippen molar-refractivity contribution in [2.75, 3.05) is 6.54 Å². The van der Waals surface area contributed by atoms with Crippen LogP contribution in [0.25, 0.3) is 0 Å². The number of nitrogens with zero attached hydrogens (tertiary/aromatic N) is 3. The molecule has 2 heterocycles. The molecule has 4 heteroatoms. The standard InChI is InChI=1S/C22H22N4/c23-12-18-8-4-5-9-19(18)13-26-14-20(22-21(15-26)24-16-25-22)11-10-17-6-2-1-3-7-17/h1-9,16,20H,10-11,13-15H2,(H,24,25). The lowest BCUT2D eigenvalue weighted by atomic mass is 9.91. The largest absolute Gasteiger partial charge is 0.347 e. The van der Waals surface area contributed by atoms with Crippen LogP contribution in [0.4, 0.5) is 0 Å². The van der Waals surface area contributed by atoms with Crippen molar-refractivity contribution in [1.82, 2.24) is 14.9 Å². The second-order valence-electron chi connectivity index (χ2n) is 6.93. The first-order valence-corrected chi connectivity index (χ1v) is 9.10. The Bertz CT molecular complexity index is 907. The number of hydrogen-bond donors (Lipinski definition) is 1. The zero-order valence-electron chi connectivity index (χ0n) is 14.7. The number of imidazole rings is 1. The van der Waals surface area contributed by atoms with Crippen molar-refractivity contribution in [1.29, 1.82) is 5.26 Å². The Labute approximate surface area is 154 Å². The van der Waals surface area contributed by atoms with Crippen LogP contribution < -0.4 is 0 Å². The van der Waals surface area contributed by atoms with Gasteiger partial charge in [-0.25, -0.2) is 4.98 Å². The van der Waals surface area contributed by atoms with E-state index in [9.17, 15) is 5.26 Å². The van der Waals surface area contributed by atoms with Crippen molar-refractivity contribution in [2.45, 2.75) is 31.8 Å². The number of rotatable bonds is 5. The summed E-state index contributed by atoms with van der Waals surface area (Å²) in [6.45, 7) is 2.63. The molecule has 4 nitrogen and oxygen atoms in total. The highest BCUT2D eigenvalue weighted by Gasteiger charge is 2.27. The summed E-state index contributed by atoms with van der Waals surface area (Å²) in [5, 5.41) is 9.35. The monoisotopic (exact) mass is 342 g/mol. The third-order valence-electron chi connectivity index (χ3n) is 5.15. The highest BCUT2D eigenvalue weighted by molar-refractivity contribution is 5.37. The Kier molecular flexibility index (Phi) is 4.81. The summed E-state index contributed by atoms with van der Waals surface area (Å²) in [4.78, 5) is 10.3. The molecule has 130 valence electrons. The van der Waals surface area contributed by atoms with Crippen LogP contribution in [0.15, 0.2) is 60.9 Å². The summed E-state index contributed by atoms with van der Waals surface area (Å²) in [5.74, 6) is 0.416. The quantitative estimate of drug-likeness (QED) is 0.762. The first-order chi connectivity index (χ1) is 12.8. The minimum Gasteiger partial charge on any atom is -0.347 e. The van der Waals surface area contributed by atoms with E-state index in [1.165, 1.54) is 17.0 Å². The molecule has 1 atom stereocenters. The summed E-state index contributed by atoms with van der Waals surface area (Å²) in [7, 11) is 0. The fourth-order valence-electron chi connectivity index (χ4n) is 3.84. The van der Waals surface area contributed by atoms with E-state index < -0.39 is 0 Å². The molecular formula is C22H22N4. The van der Waals surface area contributed by atoms with Crippen LogP contribution in [0, 0.1) is 11.3 Å². The molecule has 0 saturated carbocycles. The van der Waals surface area contributed by atoms with E-state index in [2.05, 4.69) is 57.3 Å². The van der Waals surface area contributed by atoms with Gasteiger partial charge in [0.25, 0.3) is 0 Å². The number of hydrogen-bond acceptors (Lipinski definition) is 3. The molecule has 4 rings (SSSR count). The Morgan fingerprint density at radius 2 is 1.92 bits per heavy atom. The van der Waals surface area contributed by atoms with Gasteiger partial charge in [0.15, 0.2) is 0 Å². The SMILES string of the molecule is N#Cc1ccccc1CN1Cc2[nH]cnc2C(CCc2ccccc2)C1.